The molecule has 1 aromatic carbocycles. The molecular formula is C24H23N9O4. The van der Waals surface area contributed by atoms with Gasteiger partial charge in [-0.2, -0.15) is 14.6 Å². The van der Waals surface area contributed by atoms with E-state index in [0.29, 0.717) is 34.9 Å². The normalized spacial score (nSPS) is 26.5. The van der Waals surface area contributed by atoms with Gasteiger partial charge in [0.1, 0.15) is 17.4 Å². The van der Waals surface area contributed by atoms with Gasteiger partial charge in [-0.05, 0) is 18.6 Å². The molecule has 4 N–H and O–H groups in total. The second-order valence-corrected chi connectivity index (χ2v) is 9.50. The van der Waals surface area contributed by atoms with Crippen LogP contribution >= 0.6 is 0 Å². The molecule has 0 aliphatic heterocycles. The number of amides is 1. The van der Waals surface area contributed by atoms with Crippen molar-refractivity contribution >= 4 is 33.9 Å². The lowest BCUT2D eigenvalue weighted by atomic mass is 9.98. The van der Waals surface area contributed by atoms with E-state index in [1.54, 1.807) is 24.1 Å². The van der Waals surface area contributed by atoms with Crippen molar-refractivity contribution in [1.82, 2.24) is 39.8 Å². The quantitative estimate of drug-likeness (QED) is 0.271. The van der Waals surface area contributed by atoms with E-state index >= 15 is 0 Å². The highest BCUT2D eigenvalue weighted by Gasteiger charge is 2.75. The Bertz CT molecular complexity index is 1660. The van der Waals surface area contributed by atoms with Gasteiger partial charge in [0.25, 0.3) is 5.95 Å². The zero-order valence-electron chi connectivity index (χ0n) is 19.9. The van der Waals surface area contributed by atoms with Crippen molar-refractivity contribution < 1.29 is 19.4 Å². The molecule has 2 aliphatic rings. The lowest BCUT2D eigenvalue weighted by Gasteiger charge is -2.23. The summed E-state index contributed by atoms with van der Waals surface area (Å²) in [4.78, 5) is 26.3. The molecule has 13 nitrogen and oxygen atoms in total. The summed E-state index contributed by atoms with van der Waals surface area (Å²) in [5.74, 6) is 0.728. The molecule has 0 spiro atoms. The molecule has 13 heteroatoms. The van der Waals surface area contributed by atoms with Crippen LogP contribution in [0.4, 0.5) is 5.82 Å². The van der Waals surface area contributed by atoms with Crippen molar-refractivity contribution in [2.24, 2.45) is 11.3 Å². The Kier molecular flexibility index (Phi) is 4.48. The van der Waals surface area contributed by atoms with Crippen LogP contribution in [0.15, 0.2) is 47.3 Å². The second kappa shape index (κ2) is 7.57. The van der Waals surface area contributed by atoms with E-state index in [1.165, 1.54) is 11.7 Å². The largest absolute Gasteiger partial charge is 0.454 e. The van der Waals surface area contributed by atoms with Gasteiger partial charge in [-0.3, -0.25) is 4.79 Å². The second-order valence-electron chi connectivity index (χ2n) is 9.50. The molecule has 2 aliphatic carbocycles. The number of aromatic nitrogens is 7. The first-order chi connectivity index (χ1) is 18.0. The number of anilines is 1. The Hall–Kier alpha value is -4.36. The molecular weight excluding hydrogens is 478 g/mol. The molecule has 1 unspecified atom stereocenters. The van der Waals surface area contributed by atoms with Crippen LogP contribution in [0.2, 0.25) is 0 Å². The minimum Gasteiger partial charge on any atom is -0.454 e. The molecule has 5 atom stereocenters. The lowest BCUT2D eigenvalue weighted by Crippen LogP contribution is -2.41. The van der Waals surface area contributed by atoms with Gasteiger partial charge in [0.2, 0.25) is 5.91 Å². The summed E-state index contributed by atoms with van der Waals surface area (Å²) in [5.41, 5.74) is 1.18. The fourth-order valence-electron chi connectivity index (χ4n) is 5.77. The van der Waals surface area contributed by atoms with Gasteiger partial charge in [0, 0.05) is 25.4 Å². The smallest absolute Gasteiger partial charge is 0.256 e. The highest BCUT2D eigenvalue weighted by atomic mass is 16.3. The number of benzene rings is 1. The van der Waals surface area contributed by atoms with Crippen LogP contribution in [0.5, 0.6) is 0 Å². The number of furan rings is 1. The summed E-state index contributed by atoms with van der Waals surface area (Å²) >= 11 is 0. The Morgan fingerprint density at radius 3 is 2.84 bits per heavy atom. The summed E-state index contributed by atoms with van der Waals surface area (Å²) in [5, 5.41) is 36.8. The van der Waals surface area contributed by atoms with Crippen LogP contribution in [0.3, 0.4) is 0 Å². The SMILES string of the molecule is CNC(=O)[C@]12CC1[C@@H](n1cnc3c(NC)nc(-n4cc(-c5cc6ccccc6o5)nn4)nc31)[C@H](O)[C@@H]2O. The van der Waals surface area contributed by atoms with Crippen LogP contribution in [0, 0.1) is 11.3 Å². The van der Waals surface area contributed by atoms with Crippen molar-refractivity contribution in [1.29, 1.82) is 0 Å². The zero-order valence-corrected chi connectivity index (χ0v) is 19.9. The van der Waals surface area contributed by atoms with Gasteiger partial charge in [0.15, 0.2) is 22.7 Å². The molecule has 2 saturated carbocycles. The highest BCUT2D eigenvalue weighted by molar-refractivity contribution is 5.88. The van der Waals surface area contributed by atoms with Crippen LogP contribution in [0.25, 0.3) is 39.5 Å². The van der Waals surface area contributed by atoms with E-state index in [4.69, 9.17) is 9.40 Å². The molecule has 4 aromatic heterocycles. The molecule has 0 bridgehead atoms. The maximum atomic E-state index is 12.6. The van der Waals surface area contributed by atoms with Gasteiger partial charge in [-0.25, -0.2) is 4.98 Å². The van der Waals surface area contributed by atoms with Crippen LogP contribution in [-0.4, -0.2) is 76.9 Å². The predicted molar refractivity (Wildman–Crippen MR) is 131 cm³/mol. The van der Waals surface area contributed by atoms with Gasteiger partial charge >= 0.3 is 0 Å². The van der Waals surface area contributed by atoms with Gasteiger partial charge in [-0.15, -0.1) is 5.10 Å². The number of hydrogen-bond acceptors (Lipinski definition) is 10. The maximum absolute atomic E-state index is 12.6. The number of hydrogen-bond donors (Lipinski definition) is 4. The van der Waals surface area contributed by atoms with Crippen LogP contribution in [-0.2, 0) is 4.79 Å². The molecule has 1 amide bonds. The predicted octanol–water partition coefficient (Wildman–Crippen LogP) is 0.891. The zero-order chi connectivity index (χ0) is 25.5. The Morgan fingerprint density at radius 2 is 2.05 bits per heavy atom. The number of fused-ring (bicyclic) bond motifs is 3. The van der Waals surface area contributed by atoms with Crippen molar-refractivity contribution in [2.75, 3.05) is 19.4 Å². The van der Waals surface area contributed by atoms with Crippen molar-refractivity contribution in [2.45, 2.75) is 24.7 Å². The average Bonchev–Trinajstić information content (AvgIpc) is 3.33. The van der Waals surface area contributed by atoms with E-state index in [0.717, 1.165) is 11.0 Å². The van der Waals surface area contributed by atoms with Crippen LogP contribution in [0.1, 0.15) is 12.5 Å². The van der Waals surface area contributed by atoms with Crippen LogP contribution < -0.4 is 10.6 Å². The third-order valence-corrected chi connectivity index (χ3v) is 7.67. The van der Waals surface area contributed by atoms with E-state index in [9.17, 15) is 15.0 Å². The van der Waals surface area contributed by atoms with E-state index in [1.807, 2.05) is 30.3 Å². The summed E-state index contributed by atoms with van der Waals surface area (Å²) in [7, 11) is 3.25. The first-order valence-electron chi connectivity index (χ1n) is 11.9. The Morgan fingerprint density at radius 1 is 1.22 bits per heavy atom. The minimum atomic E-state index is -1.19. The van der Waals surface area contributed by atoms with E-state index in [-0.39, 0.29) is 17.8 Å². The number of aliphatic hydroxyl groups excluding tert-OH is 2. The molecule has 0 saturated heterocycles. The Balaban J connectivity index is 1.30. The van der Waals surface area contributed by atoms with Gasteiger partial charge < -0.3 is 29.8 Å². The molecule has 188 valence electrons. The molecule has 0 radical (unpaired) electrons. The summed E-state index contributed by atoms with van der Waals surface area (Å²) in [6.07, 6.45) is 1.35. The minimum absolute atomic E-state index is 0.231. The van der Waals surface area contributed by atoms with Gasteiger partial charge in [0.05, 0.1) is 30.1 Å². The van der Waals surface area contributed by atoms with Crippen molar-refractivity contribution in [3.63, 3.8) is 0 Å². The highest BCUT2D eigenvalue weighted by Crippen LogP contribution is 2.67. The molecule has 4 heterocycles. The first-order valence-corrected chi connectivity index (χ1v) is 11.9. The fraction of sp³-hybridized carbons (Fsp3) is 0.333. The maximum Gasteiger partial charge on any atom is 0.256 e. The topological polar surface area (TPSA) is 169 Å². The molecule has 5 aromatic rings. The summed E-state index contributed by atoms with van der Waals surface area (Å²) < 4.78 is 9.06. The number of imidazole rings is 1. The monoisotopic (exact) mass is 501 g/mol. The van der Waals surface area contributed by atoms with Crippen molar-refractivity contribution in [3.8, 4) is 17.4 Å². The third-order valence-electron chi connectivity index (χ3n) is 7.67. The van der Waals surface area contributed by atoms with Crippen molar-refractivity contribution in [3.05, 3.63) is 42.9 Å². The standard InChI is InChI=1S/C24H23N9O4/c1-25-20-16-21(32(10-27-16)17-12-8-24(12,22(36)26-2)19(35)18(17)34)29-23(28-20)33-9-13(30-31-33)15-7-11-5-3-4-6-14(11)37-15/h3-7,9-10,12,17-19,34-35H,8H2,1-2H3,(H,26,36)(H,25,28,29)/t12?,17-,18+,19+,24-/m1/s1. The number of carbonyl (C=O) groups is 1. The summed E-state index contributed by atoms with van der Waals surface area (Å²) in [6, 6.07) is 8.99. The number of carbonyl (C=O) groups excluding carboxylic acids is 1. The average molecular weight is 502 g/mol. The Labute approximate surface area is 209 Å². The van der Waals surface area contributed by atoms with E-state index < -0.39 is 23.7 Å². The molecule has 7 rings (SSSR count). The third kappa shape index (κ3) is 2.92. The van der Waals surface area contributed by atoms with Gasteiger partial charge in [-0.1, -0.05) is 23.4 Å². The number of rotatable bonds is 5. The molecule has 2 fully saturated rings. The fourth-order valence-corrected chi connectivity index (χ4v) is 5.77. The number of nitrogens with one attached hydrogen (secondary N) is 2. The number of para-hydroxylation sites is 1. The summed E-state index contributed by atoms with van der Waals surface area (Å²) in [6.45, 7) is 0. The van der Waals surface area contributed by atoms with E-state index in [2.05, 4.69) is 30.9 Å². The number of nitrogens with zero attached hydrogens (tertiary/aromatic N) is 7. The molecule has 37 heavy (non-hydrogen) atoms. The number of aliphatic hydroxyl groups is 2. The first kappa shape index (κ1) is 21.9. The lowest BCUT2D eigenvalue weighted by molar-refractivity contribution is -0.132.